The molecule has 0 radical (unpaired) electrons. The van der Waals surface area contributed by atoms with Crippen LogP contribution < -0.4 is 10.6 Å². The van der Waals surface area contributed by atoms with Gasteiger partial charge < -0.3 is 10.6 Å². The van der Waals surface area contributed by atoms with E-state index in [1.54, 1.807) is 11.3 Å². The van der Waals surface area contributed by atoms with Gasteiger partial charge in [0, 0.05) is 18.0 Å². The van der Waals surface area contributed by atoms with Gasteiger partial charge in [0.2, 0.25) is 5.95 Å². The lowest BCUT2D eigenvalue weighted by Gasteiger charge is -2.26. The topological polar surface area (TPSA) is 55.0 Å². The van der Waals surface area contributed by atoms with Gasteiger partial charge in [-0.3, -0.25) is 0 Å². The van der Waals surface area contributed by atoms with Crippen LogP contribution in [0.2, 0.25) is 0 Å². The summed E-state index contributed by atoms with van der Waals surface area (Å²) in [5, 5.41) is 1.18. The summed E-state index contributed by atoms with van der Waals surface area (Å²) in [6.45, 7) is 4.35. The fraction of sp³-hybridized carbons (Fsp3) is 0.600. The van der Waals surface area contributed by atoms with E-state index < -0.39 is 0 Å². The number of hydrogen-bond donors (Lipinski definition) is 1. The Morgan fingerprint density at radius 3 is 2.55 bits per heavy atom. The van der Waals surface area contributed by atoms with Crippen LogP contribution in [-0.4, -0.2) is 23.1 Å². The number of fused-ring (bicyclic) bond motifs is 1. The minimum Gasteiger partial charge on any atom is -0.368 e. The highest BCUT2D eigenvalue weighted by atomic mass is 32.1. The summed E-state index contributed by atoms with van der Waals surface area (Å²) in [7, 11) is 0. The summed E-state index contributed by atoms with van der Waals surface area (Å²) in [4.78, 5) is 13.7. The molecule has 0 atom stereocenters. The van der Waals surface area contributed by atoms with Crippen molar-refractivity contribution in [3.8, 4) is 0 Å². The molecule has 2 aromatic rings. The van der Waals surface area contributed by atoms with Crippen molar-refractivity contribution in [2.75, 3.05) is 23.7 Å². The second kappa shape index (κ2) is 5.95. The molecule has 4 nitrogen and oxygen atoms in total. The third-order valence-corrected chi connectivity index (χ3v) is 5.12. The Hall–Kier alpha value is -1.36. The first-order chi connectivity index (χ1) is 9.78. The standard InChI is InChI=1S/C15H22N4S/c1-2-11-10-12-13(17-15(16)18-14(12)20-11)19-8-6-4-3-5-7-9-19/h10H,2-9H2,1H3,(H2,16,17,18). The zero-order valence-electron chi connectivity index (χ0n) is 12.1. The van der Waals surface area contributed by atoms with Crippen molar-refractivity contribution in [3.05, 3.63) is 10.9 Å². The first kappa shape index (κ1) is 13.6. The van der Waals surface area contributed by atoms with Crippen molar-refractivity contribution < 1.29 is 0 Å². The second-order valence-corrected chi connectivity index (χ2v) is 6.56. The molecule has 0 bridgehead atoms. The maximum atomic E-state index is 5.91. The number of nitrogens with zero attached hydrogens (tertiary/aromatic N) is 3. The van der Waals surface area contributed by atoms with Crippen LogP contribution in [0.5, 0.6) is 0 Å². The van der Waals surface area contributed by atoms with Gasteiger partial charge >= 0.3 is 0 Å². The zero-order chi connectivity index (χ0) is 13.9. The Balaban J connectivity index is 2.01. The molecule has 0 spiro atoms. The van der Waals surface area contributed by atoms with Crippen molar-refractivity contribution in [2.24, 2.45) is 0 Å². The van der Waals surface area contributed by atoms with Gasteiger partial charge in [0.1, 0.15) is 10.6 Å². The van der Waals surface area contributed by atoms with Crippen LogP contribution in [0.3, 0.4) is 0 Å². The van der Waals surface area contributed by atoms with E-state index in [-0.39, 0.29) is 0 Å². The van der Waals surface area contributed by atoms with E-state index in [9.17, 15) is 0 Å². The number of nitrogens with two attached hydrogens (primary N) is 1. The number of anilines is 2. The molecule has 0 aliphatic carbocycles. The smallest absolute Gasteiger partial charge is 0.223 e. The van der Waals surface area contributed by atoms with Gasteiger partial charge in [-0.15, -0.1) is 11.3 Å². The molecule has 0 amide bonds. The van der Waals surface area contributed by atoms with E-state index in [0.717, 1.165) is 30.2 Å². The number of hydrogen-bond acceptors (Lipinski definition) is 5. The van der Waals surface area contributed by atoms with Gasteiger partial charge in [-0.2, -0.15) is 4.98 Å². The highest BCUT2D eigenvalue weighted by Crippen LogP contribution is 2.32. The van der Waals surface area contributed by atoms with Gasteiger partial charge in [-0.25, -0.2) is 4.98 Å². The summed E-state index contributed by atoms with van der Waals surface area (Å²) in [5.74, 6) is 1.45. The monoisotopic (exact) mass is 290 g/mol. The minimum absolute atomic E-state index is 0.402. The highest BCUT2D eigenvalue weighted by Gasteiger charge is 2.17. The summed E-state index contributed by atoms with van der Waals surface area (Å²) in [5.41, 5.74) is 5.91. The Labute approximate surface area is 124 Å². The molecular formula is C15H22N4S. The average Bonchev–Trinajstić information content (AvgIpc) is 2.80. The molecule has 1 aliphatic heterocycles. The molecule has 20 heavy (non-hydrogen) atoms. The lowest BCUT2D eigenvalue weighted by Crippen LogP contribution is -2.28. The number of thiophene rings is 1. The summed E-state index contributed by atoms with van der Waals surface area (Å²) in [6, 6.07) is 2.24. The number of aryl methyl sites for hydroxylation is 1. The van der Waals surface area contributed by atoms with E-state index in [4.69, 9.17) is 5.73 Å². The number of nitrogen functional groups attached to an aromatic ring is 1. The van der Waals surface area contributed by atoms with Crippen molar-refractivity contribution in [1.29, 1.82) is 0 Å². The first-order valence-electron chi connectivity index (χ1n) is 7.59. The Bertz CT molecular complexity index is 585. The molecule has 5 heteroatoms. The van der Waals surface area contributed by atoms with Crippen molar-refractivity contribution in [2.45, 2.75) is 45.4 Å². The molecular weight excluding hydrogens is 268 g/mol. The maximum Gasteiger partial charge on any atom is 0.223 e. The summed E-state index contributed by atoms with van der Waals surface area (Å²) >= 11 is 1.74. The molecule has 1 fully saturated rings. The largest absolute Gasteiger partial charge is 0.368 e. The Morgan fingerprint density at radius 1 is 1.15 bits per heavy atom. The molecule has 1 saturated heterocycles. The van der Waals surface area contributed by atoms with E-state index >= 15 is 0 Å². The van der Waals surface area contributed by atoms with Gasteiger partial charge in [0.25, 0.3) is 0 Å². The van der Waals surface area contributed by atoms with Crippen LogP contribution in [0.4, 0.5) is 11.8 Å². The molecule has 108 valence electrons. The van der Waals surface area contributed by atoms with E-state index in [1.165, 1.54) is 42.4 Å². The van der Waals surface area contributed by atoms with Crippen LogP contribution in [0.1, 0.15) is 43.9 Å². The van der Waals surface area contributed by atoms with E-state index in [2.05, 4.69) is 27.9 Å². The summed E-state index contributed by atoms with van der Waals surface area (Å²) in [6.07, 6.45) is 7.55. The predicted molar refractivity (Wildman–Crippen MR) is 86.5 cm³/mol. The lowest BCUT2D eigenvalue weighted by molar-refractivity contribution is 0.554. The van der Waals surface area contributed by atoms with Gasteiger partial charge in [0.15, 0.2) is 0 Å². The fourth-order valence-corrected chi connectivity index (χ4v) is 3.82. The second-order valence-electron chi connectivity index (χ2n) is 5.45. The number of rotatable bonds is 2. The molecule has 3 heterocycles. The Kier molecular flexibility index (Phi) is 4.05. The van der Waals surface area contributed by atoms with Crippen LogP contribution >= 0.6 is 11.3 Å². The molecule has 2 N–H and O–H groups in total. The third-order valence-electron chi connectivity index (χ3n) is 3.95. The van der Waals surface area contributed by atoms with E-state index in [1.807, 2.05) is 0 Å². The SMILES string of the molecule is CCc1cc2c(N3CCCCCCC3)nc(N)nc2s1. The minimum atomic E-state index is 0.402. The average molecular weight is 290 g/mol. The quantitative estimate of drug-likeness (QED) is 0.918. The lowest BCUT2D eigenvalue weighted by atomic mass is 10.1. The van der Waals surface area contributed by atoms with Crippen LogP contribution in [-0.2, 0) is 6.42 Å². The third kappa shape index (κ3) is 2.73. The molecule has 1 aliphatic rings. The van der Waals surface area contributed by atoms with Gasteiger partial charge in [0.05, 0.1) is 5.39 Å². The fourth-order valence-electron chi connectivity index (χ4n) is 2.85. The molecule has 3 rings (SSSR count). The van der Waals surface area contributed by atoms with Crippen LogP contribution in [0, 0.1) is 0 Å². The Morgan fingerprint density at radius 2 is 1.85 bits per heavy atom. The number of aromatic nitrogens is 2. The normalized spacial score (nSPS) is 17.1. The summed E-state index contributed by atoms with van der Waals surface area (Å²) < 4.78 is 0. The van der Waals surface area contributed by atoms with Crippen LogP contribution in [0.25, 0.3) is 10.2 Å². The predicted octanol–water partition coefficient (Wildman–Crippen LogP) is 3.61. The maximum absolute atomic E-state index is 5.91. The van der Waals surface area contributed by atoms with Crippen molar-refractivity contribution >= 4 is 33.3 Å². The van der Waals surface area contributed by atoms with Crippen molar-refractivity contribution in [1.82, 2.24) is 9.97 Å². The highest BCUT2D eigenvalue weighted by molar-refractivity contribution is 7.18. The van der Waals surface area contributed by atoms with Crippen molar-refractivity contribution in [3.63, 3.8) is 0 Å². The van der Waals surface area contributed by atoms with Gasteiger partial charge in [-0.05, 0) is 25.3 Å². The zero-order valence-corrected chi connectivity index (χ0v) is 12.9. The molecule has 0 aromatic carbocycles. The molecule has 2 aromatic heterocycles. The van der Waals surface area contributed by atoms with Gasteiger partial charge in [-0.1, -0.05) is 26.2 Å². The van der Waals surface area contributed by atoms with E-state index in [0.29, 0.717) is 5.95 Å². The molecule has 0 saturated carbocycles. The molecule has 0 unspecified atom stereocenters. The van der Waals surface area contributed by atoms with Crippen LogP contribution in [0.15, 0.2) is 6.07 Å². The first-order valence-corrected chi connectivity index (χ1v) is 8.40.